The van der Waals surface area contributed by atoms with E-state index in [0.717, 1.165) is 78.0 Å². The second-order valence-corrected chi connectivity index (χ2v) is 17.5. The molecule has 66 heavy (non-hydrogen) atoms. The maximum Gasteiger partial charge on any atom is 0.145 e. The van der Waals surface area contributed by atoms with Crippen molar-refractivity contribution in [1.29, 1.82) is 0 Å². The third-order valence-electron chi connectivity index (χ3n) is 14.1. The molecule has 12 aromatic rings. The lowest BCUT2D eigenvalue weighted by atomic mass is 9.66. The van der Waals surface area contributed by atoms with E-state index in [1.165, 1.54) is 49.7 Å². The zero-order chi connectivity index (χ0) is 43.3. The Morgan fingerprint density at radius 1 is 0.364 bits per heavy atom. The van der Waals surface area contributed by atoms with Crippen LogP contribution in [0, 0.1) is 0 Å². The predicted octanol–water partition coefficient (Wildman–Crippen LogP) is 17.2. The van der Waals surface area contributed by atoms with Gasteiger partial charge in [0.15, 0.2) is 0 Å². The summed E-state index contributed by atoms with van der Waals surface area (Å²) in [6, 6.07) is 85.7. The Labute approximate surface area is 382 Å². The molecule has 308 valence electrons. The topological polar surface area (TPSA) is 25.6 Å². The first-order chi connectivity index (χ1) is 32.7. The van der Waals surface area contributed by atoms with Crippen LogP contribution in [0.25, 0.3) is 76.9 Å². The average molecular weight is 842 g/mol. The van der Waals surface area contributed by atoms with Gasteiger partial charge in [0.05, 0.1) is 16.8 Å². The lowest BCUT2D eigenvalue weighted by Gasteiger charge is -2.39. The average Bonchev–Trinajstić information content (AvgIpc) is 3.91. The van der Waals surface area contributed by atoms with Gasteiger partial charge in [0.25, 0.3) is 0 Å². The van der Waals surface area contributed by atoms with Crippen LogP contribution in [0.3, 0.4) is 0 Å². The minimum Gasteiger partial charge on any atom is -0.457 e. The first-order valence-electron chi connectivity index (χ1n) is 22.7. The van der Waals surface area contributed by atoms with E-state index in [2.05, 4.69) is 235 Å². The Bertz CT molecular complexity index is 3870. The molecule has 0 amide bonds. The number of hydrogen-bond acceptors (Lipinski definition) is 3. The van der Waals surface area contributed by atoms with Crippen molar-refractivity contribution in [3.8, 4) is 44.9 Å². The molecule has 14 rings (SSSR count). The van der Waals surface area contributed by atoms with Crippen molar-refractivity contribution in [2.75, 3.05) is 4.90 Å². The van der Waals surface area contributed by atoms with E-state index in [0.29, 0.717) is 0 Å². The molecule has 0 N–H and O–H groups in total. The third-order valence-corrected chi connectivity index (χ3v) is 14.1. The molecule has 1 aliphatic heterocycles. The van der Waals surface area contributed by atoms with Gasteiger partial charge in [-0.2, -0.15) is 0 Å². The molecule has 0 atom stereocenters. The maximum absolute atomic E-state index is 6.86. The number of anilines is 3. The Kier molecular flexibility index (Phi) is 7.90. The van der Waals surface area contributed by atoms with Gasteiger partial charge in [-0.25, -0.2) is 0 Å². The molecular weight excluding hydrogens is 803 g/mol. The number of nitrogens with zero attached hydrogens (tertiary/aromatic N) is 1. The van der Waals surface area contributed by atoms with E-state index < -0.39 is 5.41 Å². The molecule has 2 aliphatic rings. The van der Waals surface area contributed by atoms with Crippen LogP contribution in [0.5, 0.6) is 11.5 Å². The van der Waals surface area contributed by atoms with Crippen LogP contribution in [0.2, 0.25) is 0 Å². The summed E-state index contributed by atoms with van der Waals surface area (Å²) in [7, 11) is 0. The molecule has 1 aliphatic carbocycles. The Morgan fingerprint density at radius 3 is 1.82 bits per heavy atom. The summed E-state index contributed by atoms with van der Waals surface area (Å²) in [6.45, 7) is 0. The zero-order valence-electron chi connectivity index (χ0n) is 35.8. The van der Waals surface area contributed by atoms with Gasteiger partial charge in [-0.1, -0.05) is 182 Å². The molecule has 0 unspecified atom stereocenters. The van der Waals surface area contributed by atoms with Gasteiger partial charge in [0.2, 0.25) is 0 Å². The highest BCUT2D eigenvalue weighted by Crippen LogP contribution is 2.64. The largest absolute Gasteiger partial charge is 0.457 e. The molecule has 0 fully saturated rings. The predicted molar refractivity (Wildman–Crippen MR) is 272 cm³/mol. The van der Waals surface area contributed by atoms with Gasteiger partial charge in [0.1, 0.15) is 22.7 Å². The van der Waals surface area contributed by atoms with Crippen molar-refractivity contribution in [1.82, 2.24) is 0 Å². The van der Waals surface area contributed by atoms with E-state index in [4.69, 9.17) is 9.15 Å². The number of benzene rings is 11. The van der Waals surface area contributed by atoms with Crippen LogP contribution < -0.4 is 9.64 Å². The Hall–Kier alpha value is -8.66. The Morgan fingerprint density at radius 2 is 0.985 bits per heavy atom. The number of fused-ring (bicyclic) bond motifs is 15. The molecular formula is C63H39NO2. The molecule has 11 aromatic carbocycles. The summed E-state index contributed by atoms with van der Waals surface area (Å²) in [5.41, 5.74) is 16.3. The van der Waals surface area contributed by atoms with Crippen molar-refractivity contribution < 1.29 is 9.15 Å². The van der Waals surface area contributed by atoms with E-state index in [1.807, 2.05) is 6.07 Å². The fraction of sp³-hybridized carbons (Fsp3) is 0.0159. The zero-order valence-corrected chi connectivity index (χ0v) is 35.8. The van der Waals surface area contributed by atoms with Crippen LogP contribution in [-0.4, -0.2) is 0 Å². The molecule has 3 nitrogen and oxygen atoms in total. The van der Waals surface area contributed by atoms with Gasteiger partial charge in [-0.3, -0.25) is 0 Å². The maximum atomic E-state index is 6.86. The minimum atomic E-state index is -0.609. The summed E-state index contributed by atoms with van der Waals surface area (Å²) in [5.74, 6) is 1.75. The van der Waals surface area contributed by atoms with Crippen molar-refractivity contribution in [2.24, 2.45) is 0 Å². The quantitative estimate of drug-likeness (QED) is 0.173. The number of furan rings is 1. The van der Waals surface area contributed by atoms with E-state index in [-0.39, 0.29) is 0 Å². The third kappa shape index (κ3) is 5.20. The lowest BCUT2D eigenvalue weighted by Crippen LogP contribution is -2.32. The van der Waals surface area contributed by atoms with Crippen LogP contribution in [0.4, 0.5) is 17.1 Å². The number of rotatable bonds is 5. The smallest absolute Gasteiger partial charge is 0.145 e. The second kappa shape index (κ2) is 14.2. The number of para-hydroxylation sites is 3. The molecule has 0 radical (unpaired) electrons. The summed E-state index contributed by atoms with van der Waals surface area (Å²) >= 11 is 0. The highest BCUT2D eigenvalue weighted by molar-refractivity contribution is 6.20. The van der Waals surface area contributed by atoms with E-state index in [9.17, 15) is 0 Å². The van der Waals surface area contributed by atoms with Gasteiger partial charge in [-0.05, 0) is 110 Å². The van der Waals surface area contributed by atoms with Gasteiger partial charge < -0.3 is 14.1 Å². The van der Waals surface area contributed by atoms with E-state index >= 15 is 0 Å². The monoisotopic (exact) mass is 841 g/mol. The Balaban J connectivity index is 1.03. The van der Waals surface area contributed by atoms with Crippen LogP contribution in [0.1, 0.15) is 22.3 Å². The highest BCUT2D eigenvalue weighted by Gasteiger charge is 2.52. The van der Waals surface area contributed by atoms with E-state index in [1.54, 1.807) is 0 Å². The van der Waals surface area contributed by atoms with Crippen LogP contribution in [-0.2, 0) is 5.41 Å². The van der Waals surface area contributed by atoms with Crippen molar-refractivity contribution >= 4 is 60.5 Å². The number of hydrogen-bond donors (Lipinski definition) is 0. The van der Waals surface area contributed by atoms with Crippen molar-refractivity contribution in [2.45, 2.75) is 5.41 Å². The summed E-state index contributed by atoms with van der Waals surface area (Å²) in [4.78, 5) is 2.47. The molecule has 0 bridgehead atoms. The normalized spacial score (nSPS) is 13.1. The second-order valence-electron chi connectivity index (χ2n) is 17.5. The molecule has 2 heterocycles. The molecule has 1 aromatic heterocycles. The molecule has 0 saturated carbocycles. The summed E-state index contributed by atoms with van der Waals surface area (Å²) < 4.78 is 13.6. The van der Waals surface area contributed by atoms with Crippen LogP contribution >= 0.6 is 0 Å². The highest BCUT2D eigenvalue weighted by atomic mass is 16.5. The molecule has 3 heteroatoms. The minimum absolute atomic E-state index is 0.609. The number of ether oxygens (including phenoxy) is 1. The summed E-state index contributed by atoms with van der Waals surface area (Å²) in [5, 5.41) is 6.85. The van der Waals surface area contributed by atoms with Gasteiger partial charge in [0, 0.05) is 38.5 Å². The fourth-order valence-electron chi connectivity index (χ4n) is 11.3. The van der Waals surface area contributed by atoms with Crippen LogP contribution in [0.15, 0.2) is 241 Å². The van der Waals surface area contributed by atoms with Gasteiger partial charge in [-0.15, -0.1) is 0 Å². The SMILES string of the molecule is c1ccc(-c2cccc3ccc(-c4ccc(N(c5cccc6c5-c5ccccc5C65c6ccccc6Oc6ccccc65)c5cccc6ccc7c8ccccc8oc7c56)cc4)cc23)cc1. The van der Waals surface area contributed by atoms with Crippen molar-refractivity contribution in [3.05, 3.63) is 259 Å². The standard InChI is InChI=1S/C63H39NO2/c1-2-15-41(16-3-1)46-21-12-17-42-31-32-44(39-50(42)46)40-33-36-45(37-34-40)64(55-26-13-18-43-35-38-48-47-19-5-9-28-57(47)66-62(48)60(43)55)56-27-14-25-54-61(56)49-20-4-6-22-51(49)63(54)52-23-7-10-29-58(52)65-59-30-11-8-24-53(59)63/h1-39H. The van der Waals surface area contributed by atoms with Crippen molar-refractivity contribution in [3.63, 3.8) is 0 Å². The summed E-state index contributed by atoms with van der Waals surface area (Å²) in [6.07, 6.45) is 0. The lowest BCUT2D eigenvalue weighted by molar-refractivity contribution is 0.436. The van der Waals surface area contributed by atoms with Gasteiger partial charge >= 0.3 is 0 Å². The first kappa shape index (κ1) is 36.8. The molecule has 0 saturated heterocycles. The first-order valence-corrected chi connectivity index (χ1v) is 22.7. The molecule has 1 spiro atoms. The fourth-order valence-corrected chi connectivity index (χ4v) is 11.3.